The van der Waals surface area contributed by atoms with E-state index in [0.29, 0.717) is 0 Å². The monoisotopic (exact) mass is 330 g/mol. The predicted molar refractivity (Wildman–Crippen MR) is 80.4 cm³/mol. The minimum atomic E-state index is -3.82. The van der Waals surface area contributed by atoms with E-state index in [2.05, 4.69) is 5.32 Å². The number of carbonyl (C=O) groups is 1. The lowest BCUT2D eigenvalue weighted by molar-refractivity contribution is 0.0594. The molecule has 7 nitrogen and oxygen atoms in total. The van der Waals surface area contributed by atoms with Crippen molar-refractivity contribution in [2.24, 2.45) is 0 Å². The molecule has 1 aromatic rings. The van der Waals surface area contributed by atoms with Gasteiger partial charge >= 0.3 is 5.97 Å². The highest BCUT2D eigenvalue weighted by atomic mass is 32.2. The largest absolute Gasteiger partial charge is 0.465 e. The number of carbonyl (C=O) groups excluding carboxylic acids is 1. The number of methoxy groups -OCH3 is 1. The van der Waals surface area contributed by atoms with E-state index < -0.39 is 16.0 Å². The molecule has 0 saturated carbocycles. The van der Waals surface area contributed by atoms with Crippen LogP contribution in [0.25, 0.3) is 0 Å². The highest BCUT2D eigenvalue weighted by Crippen LogP contribution is 2.31. The van der Waals surface area contributed by atoms with E-state index in [4.69, 9.17) is 9.15 Å². The van der Waals surface area contributed by atoms with E-state index >= 15 is 0 Å². The van der Waals surface area contributed by atoms with Gasteiger partial charge in [0.25, 0.3) is 0 Å². The van der Waals surface area contributed by atoms with Gasteiger partial charge in [-0.3, -0.25) is 0 Å². The lowest BCUT2D eigenvalue weighted by Crippen LogP contribution is -2.44. The summed E-state index contributed by atoms with van der Waals surface area (Å²) < 4.78 is 37.3. The van der Waals surface area contributed by atoms with Crippen molar-refractivity contribution < 1.29 is 22.4 Å². The Kier molecular flexibility index (Phi) is 4.93. The summed E-state index contributed by atoms with van der Waals surface area (Å²) in [6.07, 6.45) is 1.47. The first-order valence-corrected chi connectivity index (χ1v) is 8.61. The van der Waals surface area contributed by atoms with Crippen molar-refractivity contribution in [2.75, 3.05) is 27.2 Å². The average Bonchev–Trinajstić information content (AvgIpc) is 2.81. The molecule has 0 aromatic carbocycles. The number of hydrogen-bond acceptors (Lipinski definition) is 6. The predicted octanol–water partition coefficient (Wildman–Crippen LogP) is 1.06. The third-order valence-electron chi connectivity index (χ3n) is 4.05. The highest BCUT2D eigenvalue weighted by molar-refractivity contribution is 7.89. The number of esters is 1. The summed E-state index contributed by atoms with van der Waals surface area (Å²) in [5, 5.41) is 3.20. The second-order valence-corrected chi connectivity index (χ2v) is 7.35. The molecule has 22 heavy (non-hydrogen) atoms. The molecule has 124 valence electrons. The maximum absolute atomic E-state index is 12.9. The normalized spacial score (nSPS) is 17.0. The molecule has 0 unspecified atom stereocenters. The number of nitrogens with zero attached hydrogens (tertiary/aromatic N) is 1. The number of nitrogens with one attached hydrogen (secondary N) is 1. The van der Waals surface area contributed by atoms with Gasteiger partial charge in [-0.2, -0.15) is 4.31 Å². The number of furan rings is 1. The van der Waals surface area contributed by atoms with Gasteiger partial charge in [-0.1, -0.05) is 0 Å². The minimum Gasteiger partial charge on any atom is -0.465 e. The van der Waals surface area contributed by atoms with Crippen LogP contribution in [0.15, 0.2) is 9.31 Å². The lowest BCUT2D eigenvalue weighted by Gasteiger charge is -2.30. The van der Waals surface area contributed by atoms with E-state index in [1.54, 1.807) is 20.9 Å². The first kappa shape index (κ1) is 17.0. The third-order valence-corrected chi connectivity index (χ3v) is 6.12. The molecule has 0 amide bonds. The van der Waals surface area contributed by atoms with Crippen molar-refractivity contribution in [2.45, 2.75) is 37.6 Å². The summed E-state index contributed by atoms with van der Waals surface area (Å²) in [5.74, 6) is -0.244. The van der Waals surface area contributed by atoms with E-state index in [1.165, 1.54) is 11.4 Å². The highest BCUT2D eigenvalue weighted by Gasteiger charge is 2.37. The average molecular weight is 330 g/mol. The quantitative estimate of drug-likeness (QED) is 0.830. The summed E-state index contributed by atoms with van der Waals surface area (Å²) >= 11 is 0. The summed E-state index contributed by atoms with van der Waals surface area (Å²) in [6, 6.07) is -0.0913. The molecule has 2 heterocycles. The van der Waals surface area contributed by atoms with Gasteiger partial charge < -0.3 is 14.5 Å². The molecule has 1 fully saturated rings. The third kappa shape index (κ3) is 2.90. The van der Waals surface area contributed by atoms with Crippen LogP contribution in [0, 0.1) is 13.8 Å². The molecular weight excluding hydrogens is 308 g/mol. The molecular formula is C14H22N2O5S. The molecule has 1 saturated heterocycles. The fourth-order valence-electron chi connectivity index (χ4n) is 2.82. The Labute approximate surface area is 130 Å². The van der Waals surface area contributed by atoms with Crippen LogP contribution in [-0.4, -0.2) is 52.0 Å². The molecule has 0 atom stereocenters. The van der Waals surface area contributed by atoms with Crippen molar-refractivity contribution in [3.05, 3.63) is 17.1 Å². The van der Waals surface area contributed by atoms with Gasteiger partial charge in [-0.25, -0.2) is 13.2 Å². The summed E-state index contributed by atoms with van der Waals surface area (Å²) in [7, 11) is -1.05. The number of rotatable bonds is 4. The molecule has 1 N–H and O–H groups in total. The zero-order chi connectivity index (χ0) is 16.5. The zero-order valence-corrected chi connectivity index (χ0v) is 14.1. The second-order valence-electron chi connectivity index (χ2n) is 5.41. The standard InChI is InChI=1S/C14H22N2O5S/c1-9-12(14(17)20-4)13(10(2)21-9)22(18,19)16(3)11-5-7-15-8-6-11/h11,15H,5-8H2,1-4H3. The molecule has 2 rings (SSSR count). The minimum absolute atomic E-state index is 0.0132. The molecule has 0 radical (unpaired) electrons. The van der Waals surface area contributed by atoms with E-state index in [9.17, 15) is 13.2 Å². The van der Waals surface area contributed by atoms with Gasteiger partial charge in [0.05, 0.1) is 7.11 Å². The van der Waals surface area contributed by atoms with Crippen LogP contribution in [0.1, 0.15) is 34.7 Å². The van der Waals surface area contributed by atoms with E-state index in [0.717, 1.165) is 25.9 Å². The van der Waals surface area contributed by atoms with Crippen LogP contribution >= 0.6 is 0 Å². The number of ether oxygens (including phenoxy) is 1. The summed E-state index contributed by atoms with van der Waals surface area (Å²) in [6.45, 7) is 4.65. The van der Waals surface area contributed by atoms with Gasteiger partial charge in [0.1, 0.15) is 22.0 Å². The topological polar surface area (TPSA) is 88.8 Å². The lowest BCUT2D eigenvalue weighted by atomic mass is 10.1. The maximum Gasteiger partial charge on any atom is 0.342 e. The van der Waals surface area contributed by atoms with Crippen molar-refractivity contribution in [3.8, 4) is 0 Å². The van der Waals surface area contributed by atoms with Gasteiger partial charge in [-0.05, 0) is 39.8 Å². The van der Waals surface area contributed by atoms with Crippen LogP contribution in [0.5, 0.6) is 0 Å². The first-order valence-electron chi connectivity index (χ1n) is 7.17. The van der Waals surface area contributed by atoms with Crippen LogP contribution in [0.4, 0.5) is 0 Å². The van der Waals surface area contributed by atoms with Crippen LogP contribution in [-0.2, 0) is 14.8 Å². The maximum atomic E-state index is 12.9. The van der Waals surface area contributed by atoms with Crippen LogP contribution in [0.3, 0.4) is 0 Å². The van der Waals surface area contributed by atoms with E-state index in [-0.39, 0.29) is 28.0 Å². The number of piperidine rings is 1. The SMILES string of the molecule is COC(=O)c1c(C)oc(C)c1S(=O)(=O)N(C)C1CCNCC1. The molecule has 0 spiro atoms. The van der Waals surface area contributed by atoms with E-state index in [1.807, 2.05) is 0 Å². The Bertz CT molecular complexity index is 659. The molecule has 1 aromatic heterocycles. The van der Waals surface area contributed by atoms with Crippen molar-refractivity contribution in [1.29, 1.82) is 0 Å². The number of aryl methyl sites for hydroxylation is 2. The first-order chi connectivity index (χ1) is 10.3. The van der Waals surface area contributed by atoms with Gasteiger partial charge in [-0.15, -0.1) is 0 Å². The summed E-state index contributed by atoms with van der Waals surface area (Å²) in [4.78, 5) is 11.9. The summed E-state index contributed by atoms with van der Waals surface area (Å²) in [5.41, 5.74) is -0.0132. The molecule has 1 aliphatic heterocycles. The van der Waals surface area contributed by atoms with Crippen molar-refractivity contribution in [1.82, 2.24) is 9.62 Å². The Morgan fingerprint density at radius 2 is 1.86 bits per heavy atom. The van der Waals surface area contributed by atoms with Crippen molar-refractivity contribution >= 4 is 16.0 Å². The second kappa shape index (κ2) is 6.39. The van der Waals surface area contributed by atoms with Gasteiger partial charge in [0.15, 0.2) is 0 Å². The van der Waals surface area contributed by atoms with Gasteiger partial charge in [0, 0.05) is 13.1 Å². The van der Waals surface area contributed by atoms with Gasteiger partial charge in [0.2, 0.25) is 10.0 Å². The Morgan fingerprint density at radius 3 is 2.41 bits per heavy atom. The molecule has 8 heteroatoms. The molecule has 0 bridgehead atoms. The fourth-order valence-corrected chi connectivity index (χ4v) is 4.60. The number of sulfonamides is 1. The van der Waals surface area contributed by atoms with Crippen LogP contribution in [0.2, 0.25) is 0 Å². The molecule has 1 aliphatic rings. The van der Waals surface area contributed by atoms with Crippen molar-refractivity contribution in [3.63, 3.8) is 0 Å². The Hall–Kier alpha value is -1.38. The smallest absolute Gasteiger partial charge is 0.342 e. The Morgan fingerprint density at radius 1 is 1.27 bits per heavy atom. The fraction of sp³-hybridized carbons (Fsp3) is 0.643. The van der Waals surface area contributed by atoms with Crippen LogP contribution < -0.4 is 5.32 Å². The molecule has 0 aliphatic carbocycles. The number of hydrogen-bond donors (Lipinski definition) is 1. The zero-order valence-electron chi connectivity index (χ0n) is 13.3. The Balaban J connectivity index is 2.47.